The Morgan fingerprint density at radius 3 is 2.36 bits per heavy atom. The SMILES string of the molecule is O=C(Cn1nc(C(F)F)c2c1C(F)(F)[C@@H]1C[C@H]21)NC(Cc1cc(F)cc(F)c1)c1nc2cc(-c3ncccn3)ccc2c(=O)n1-c1ccc(Cl)c2c(NS(=O)(=O)C3CC3)nn(CC(F)F)c12. The molecule has 0 bridgehead atoms. The van der Waals surface area contributed by atoms with Crippen LogP contribution in [0.4, 0.5) is 40.9 Å². The summed E-state index contributed by atoms with van der Waals surface area (Å²) in [7, 11) is -4.09. The van der Waals surface area contributed by atoms with Gasteiger partial charge in [0.05, 0.1) is 43.8 Å². The molecule has 10 rings (SSSR count). The average Bonchev–Trinajstić information content (AvgIpc) is 4.18. The average molecular weight is 959 g/mol. The molecular weight excluding hydrogens is 928 g/mol. The highest BCUT2D eigenvalue weighted by Gasteiger charge is 2.67. The number of amides is 1. The predicted octanol–water partition coefficient (Wildman–Crippen LogP) is 7.74. The summed E-state index contributed by atoms with van der Waals surface area (Å²) in [6, 6.07) is 9.04. The summed E-state index contributed by atoms with van der Waals surface area (Å²) in [6.45, 7) is -2.22. The molecule has 0 aliphatic heterocycles. The molecule has 3 aromatic carbocycles. The van der Waals surface area contributed by atoms with Gasteiger partial charge in [-0.2, -0.15) is 19.0 Å². The second kappa shape index (κ2) is 15.8. The van der Waals surface area contributed by atoms with E-state index in [-0.39, 0.29) is 55.9 Å². The lowest BCUT2D eigenvalue weighted by molar-refractivity contribution is -0.123. The third kappa shape index (κ3) is 7.59. The number of alkyl halides is 6. The first kappa shape index (κ1) is 43.4. The van der Waals surface area contributed by atoms with Crippen LogP contribution in [0.25, 0.3) is 38.9 Å². The number of hydrogen-bond acceptors (Lipinski definition) is 9. The molecular formula is C42H31ClF8N10O4S. The molecule has 1 unspecified atom stereocenters. The highest BCUT2D eigenvalue weighted by Crippen LogP contribution is 2.68. The van der Waals surface area contributed by atoms with E-state index in [9.17, 15) is 39.6 Å². The van der Waals surface area contributed by atoms with Gasteiger partial charge in [-0.3, -0.25) is 28.2 Å². The van der Waals surface area contributed by atoms with Crippen molar-refractivity contribution in [2.75, 3.05) is 4.72 Å². The third-order valence-corrected chi connectivity index (χ3v) is 13.9. The molecule has 4 aromatic heterocycles. The highest BCUT2D eigenvalue weighted by atomic mass is 35.5. The molecule has 2 saturated carbocycles. The molecule has 0 spiro atoms. The normalized spacial score (nSPS) is 18.0. The topological polar surface area (TPSA) is 172 Å². The van der Waals surface area contributed by atoms with Crippen molar-refractivity contribution in [2.45, 2.75) is 74.8 Å². The van der Waals surface area contributed by atoms with E-state index in [1.54, 1.807) is 6.07 Å². The van der Waals surface area contributed by atoms with Gasteiger partial charge in [0, 0.05) is 41.9 Å². The minimum atomic E-state index is -4.09. The molecule has 3 atom stereocenters. The molecule has 1 amide bonds. The molecule has 24 heteroatoms. The molecule has 2 N–H and O–H groups in total. The smallest absolute Gasteiger partial charge is 0.293 e. The van der Waals surface area contributed by atoms with Gasteiger partial charge in [-0.15, -0.1) is 0 Å². The molecule has 14 nitrogen and oxygen atoms in total. The Kier molecular flexibility index (Phi) is 10.4. The van der Waals surface area contributed by atoms with Crippen molar-refractivity contribution in [3.63, 3.8) is 0 Å². The van der Waals surface area contributed by atoms with E-state index in [2.05, 4.69) is 30.2 Å². The lowest BCUT2D eigenvalue weighted by Crippen LogP contribution is -2.38. The molecule has 342 valence electrons. The van der Waals surface area contributed by atoms with E-state index in [4.69, 9.17) is 16.6 Å². The number of benzene rings is 3. The van der Waals surface area contributed by atoms with Crippen LogP contribution >= 0.6 is 11.6 Å². The maximum Gasteiger partial charge on any atom is 0.293 e. The van der Waals surface area contributed by atoms with Crippen LogP contribution in [0.3, 0.4) is 0 Å². The zero-order chi connectivity index (χ0) is 46.6. The van der Waals surface area contributed by atoms with E-state index in [0.717, 1.165) is 21.4 Å². The van der Waals surface area contributed by atoms with E-state index in [1.165, 1.54) is 42.7 Å². The maximum atomic E-state index is 15.6. The van der Waals surface area contributed by atoms with Crippen molar-refractivity contribution in [3.8, 4) is 17.1 Å². The molecule has 0 saturated heterocycles. The number of anilines is 1. The van der Waals surface area contributed by atoms with Gasteiger partial charge < -0.3 is 5.32 Å². The number of hydrogen-bond donors (Lipinski definition) is 2. The lowest BCUT2D eigenvalue weighted by Gasteiger charge is -2.24. The van der Waals surface area contributed by atoms with Crippen molar-refractivity contribution in [3.05, 3.63) is 122 Å². The van der Waals surface area contributed by atoms with Crippen LogP contribution in [0, 0.1) is 17.6 Å². The van der Waals surface area contributed by atoms with Gasteiger partial charge in [0.25, 0.3) is 24.3 Å². The van der Waals surface area contributed by atoms with Crippen molar-refractivity contribution in [1.29, 1.82) is 0 Å². The van der Waals surface area contributed by atoms with E-state index in [1.807, 2.05) is 0 Å². The number of nitrogens with one attached hydrogen (secondary N) is 2. The molecule has 0 radical (unpaired) electrons. The Labute approximate surface area is 371 Å². The van der Waals surface area contributed by atoms with E-state index in [0.29, 0.717) is 29.2 Å². The Morgan fingerprint density at radius 1 is 0.955 bits per heavy atom. The minimum Gasteiger partial charge on any atom is -0.344 e. The van der Waals surface area contributed by atoms with E-state index >= 15 is 13.6 Å². The Morgan fingerprint density at radius 2 is 1.68 bits per heavy atom. The molecule has 3 aliphatic rings. The van der Waals surface area contributed by atoms with Gasteiger partial charge in [-0.25, -0.2) is 49.7 Å². The number of fused-ring (bicyclic) bond motifs is 5. The lowest BCUT2D eigenvalue weighted by atomic mass is 10.0. The maximum absolute atomic E-state index is 15.6. The van der Waals surface area contributed by atoms with Gasteiger partial charge in [0.1, 0.15) is 41.9 Å². The van der Waals surface area contributed by atoms with Crippen molar-refractivity contribution >= 4 is 55.2 Å². The number of sulfonamides is 1. The Hall–Kier alpha value is -6.49. The number of carbonyl (C=O) groups excluding carboxylic acids is 1. The van der Waals surface area contributed by atoms with Crippen LogP contribution in [0.5, 0.6) is 0 Å². The number of carbonyl (C=O) groups is 1. The monoisotopic (exact) mass is 958 g/mol. The van der Waals surface area contributed by atoms with Gasteiger partial charge in [-0.1, -0.05) is 17.7 Å². The first-order valence-electron chi connectivity index (χ1n) is 20.2. The van der Waals surface area contributed by atoms with E-state index < -0.39 is 118 Å². The third-order valence-electron chi connectivity index (χ3n) is 11.8. The fraction of sp³-hybridized carbons (Fsp3) is 0.310. The summed E-state index contributed by atoms with van der Waals surface area (Å²) in [5, 5.41) is 9.18. The van der Waals surface area contributed by atoms with Crippen LogP contribution in [0.1, 0.15) is 66.0 Å². The van der Waals surface area contributed by atoms with Gasteiger partial charge in [0.15, 0.2) is 11.6 Å². The number of rotatable bonds is 14. The van der Waals surface area contributed by atoms with Crippen LogP contribution in [-0.4, -0.2) is 65.1 Å². The van der Waals surface area contributed by atoms with Crippen LogP contribution < -0.4 is 15.6 Å². The standard InChI is InChI=1S/C42H31ClF8N10O4S/c43-26-6-7-29(35-33(26)39(57-59(35)16-30(46)47)58-66(64,65)22-3-4-22)61-40(55-27-13-19(2-5-23(27)41(61)63)38-52-8-1-9-53-38)28(12-18-10-20(44)14-21(45)11-18)54-31(62)17-60-36-32(34(56-60)37(48)49)24-15-25(24)42(36,50)51/h1-2,5-11,13-14,22,24-25,28,30,37H,3-4,12,15-17H2,(H,54,62)(H,57,58)/t24-,25+,28?/m0/s1. The van der Waals surface area contributed by atoms with Crippen LogP contribution in [0.2, 0.25) is 5.02 Å². The molecule has 2 fully saturated rings. The molecule has 7 aromatic rings. The number of aromatic nitrogens is 8. The minimum absolute atomic E-state index is 0.0464. The molecule has 4 heterocycles. The fourth-order valence-electron chi connectivity index (χ4n) is 8.76. The first-order chi connectivity index (χ1) is 31.4. The summed E-state index contributed by atoms with van der Waals surface area (Å²) >= 11 is 6.66. The fourth-order valence-corrected chi connectivity index (χ4v) is 10.3. The number of halogens is 9. The first-order valence-corrected chi connectivity index (χ1v) is 22.2. The van der Waals surface area contributed by atoms with Crippen molar-refractivity contribution in [1.82, 2.24) is 44.4 Å². The van der Waals surface area contributed by atoms with Gasteiger partial charge in [-0.05, 0) is 73.2 Å². The zero-order valence-electron chi connectivity index (χ0n) is 33.6. The van der Waals surface area contributed by atoms with Gasteiger partial charge in [0.2, 0.25) is 15.9 Å². The molecule has 66 heavy (non-hydrogen) atoms. The van der Waals surface area contributed by atoms with Crippen LogP contribution in [0.15, 0.2) is 71.8 Å². The molecule has 3 aliphatic carbocycles. The quantitative estimate of drug-likeness (QED) is 0.104. The largest absolute Gasteiger partial charge is 0.344 e. The predicted molar refractivity (Wildman–Crippen MR) is 221 cm³/mol. The van der Waals surface area contributed by atoms with Crippen LogP contribution in [-0.2, 0) is 40.3 Å². The number of nitrogens with zero attached hydrogens (tertiary/aromatic N) is 8. The summed E-state index contributed by atoms with van der Waals surface area (Å²) in [4.78, 5) is 42.6. The Bertz CT molecular complexity index is 3290. The summed E-state index contributed by atoms with van der Waals surface area (Å²) in [6.07, 6.45) is -3.42. The van der Waals surface area contributed by atoms with Crippen molar-refractivity contribution in [2.24, 2.45) is 5.92 Å². The van der Waals surface area contributed by atoms with Crippen molar-refractivity contribution < 1.29 is 48.3 Å². The highest BCUT2D eigenvalue weighted by molar-refractivity contribution is 7.93. The summed E-state index contributed by atoms with van der Waals surface area (Å²) in [5.74, 6) is -9.65. The second-order valence-corrected chi connectivity index (χ2v) is 18.6. The summed E-state index contributed by atoms with van der Waals surface area (Å²) < 4.78 is 149. The zero-order valence-corrected chi connectivity index (χ0v) is 35.2. The van der Waals surface area contributed by atoms with Gasteiger partial charge >= 0.3 is 0 Å². The second-order valence-electron chi connectivity index (χ2n) is 16.3. The summed E-state index contributed by atoms with van der Waals surface area (Å²) in [5.41, 5.74) is -3.42. The Balaban J connectivity index is 1.19.